The first-order valence-corrected chi connectivity index (χ1v) is 12.2. The zero-order valence-electron chi connectivity index (χ0n) is 18.6. The molecule has 0 spiro atoms. The minimum atomic E-state index is -0.574. The Kier molecular flexibility index (Phi) is 8.08. The molecule has 4 rings (SSSR count). The van der Waals surface area contributed by atoms with Crippen molar-refractivity contribution in [3.05, 3.63) is 83.3 Å². The van der Waals surface area contributed by atoms with Crippen molar-refractivity contribution in [2.75, 3.05) is 12.3 Å². The molecule has 1 atom stereocenters. The van der Waals surface area contributed by atoms with Gasteiger partial charge in [0.1, 0.15) is 17.5 Å². The summed E-state index contributed by atoms with van der Waals surface area (Å²) in [4.78, 5) is 12.4. The number of benzene rings is 1. The Morgan fingerprint density at radius 1 is 1.24 bits per heavy atom. The zero-order valence-corrected chi connectivity index (χ0v) is 19.4. The van der Waals surface area contributed by atoms with Crippen molar-refractivity contribution in [3.63, 3.8) is 0 Å². The number of nitrogens with zero attached hydrogens (tertiary/aromatic N) is 3. The van der Waals surface area contributed by atoms with Gasteiger partial charge in [0.05, 0.1) is 6.10 Å². The SMILES string of the molecule is O=C(CCc1nnc(SCC2=CC(F)=CCC2)n1-c1ccc(F)cc1)NCC1=CC=CCC1O. The molecule has 6 nitrogen and oxygen atoms in total. The number of aliphatic hydroxyl groups is 1. The fourth-order valence-corrected chi connectivity index (χ4v) is 4.73. The highest BCUT2D eigenvalue weighted by atomic mass is 32.2. The Hall–Kier alpha value is -3.04. The Morgan fingerprint density at radius 2 is 2.06 bits per heavy atom. The lowest BCUT2D eigenvalue weighted by atomic mass is 10.0. The Balaban J connectivity index is 1.44. The van der Waals surface area contributed by atoms with Gasteiger partial charge in [0.2, 0.25) is 5.91 Å². The van der Waals surface area contributed by atoms with Crippen LogP contribution in [-0.2, 0) is 11.2 Å². The summed E-state index contributed by atoms with van der Waals surface area (Å²) >= 11 is 1.43. The van der Waals surface area contributed by atoms with E-state index in [1.165, 1.54) is 23.9 Å². The third-order valence-electron chi connectivity index (χ3n) is 5.62. The van der Waals surface area contributed by atoms with Crippen molar-refractivity contribution in [3.8, 4) is 5.69 Å². The van der Waals surface area contributed by atoms with Crippen LogP contribution in [0.4, 0.5) is 8.78 Å². The number of hydrogen-bond acceptors (Lipinski definition) is 5. The number of thioether (sulfide) groups is 1. The number of nitrogens with one attached hydrogen (secondary N) is 1. The second-order valence-corrected chi connectivity index (χ2v) is 9.07. The first-order valence-electron chi connectivity index (χ1n) is 11.2. The van der Waals surface area contributed by atoms with Gasteiger partial charge in [0.15, 0.2) is 5.16 Å². The van der Waals surface area contributed by atoms with E-state index in [0.29, 0.717) is 41.7 Å². The van der Waals surface area contributed by atoms with Gasteiger partial charge in [-0.25, -0.2) is 8.78 Å². The molecular weight excluding hydrogens is 458 g/mol. The maximum atomic E-state index is 13.6. The number of allylic oxidation sites excluding steroid dienone is 5. The smallest absolute Gasteiger partial charge is 0.220 e. The zero-order chi connectivity index (χ0) is 23.9. The molecular formula is C25H26F2N4O2S. The van der Waals surface area contributed by atoms with E-state index >= 15 is 0 Å². The highest BCUT2D eigenvalue weighted by molar-refractivity contribution is 7.99. The van der Waals surface area contributed by atoms with Crippen LogP contribution in [0.3, 0.4) is 0 Å². The molecule has 0 fully saturated rings. The van der Waals surface area contributed by atoms with Gasteiger partial charge in [0, 0.05) is 30.8 Å². The molecule has 2 aliphatic carbocycles. The Labute approximate surface area is 201 Å². The molecule has 2 aliphatic rings. The highest BCUT2D eigenvalue weighted by Gasteiger charge is 2.18. The van der Waals surface area contributed by atoms with Crippen molar-refractivity contribution in [2.45, 2.75) is 43.4 Å². The Bertz CT molecular complexity index is 1150. The molecule has 2 aromatic rings. The van der Waals surface area contributed by atoms with E-state index in [2.05, 4.69) is 15.5 Å². The number of rotatable bonds is 9. The molecule has 34 heavy (non-hydrogen) atoms. The molecule has 9 heteroatoms. The normalized spacial score (nSPS) is 17.7. The molecule has 0 bridgehead atoms. The van der Waals surface area contributed by atoms with Crippen molar-refractivity contribution >= 4 is 17.7 Å². The van der Waals surface area contributed by atoms with Gasteiger partial charge in [-0.1, -0.05) is 35.6 Å². The predicted molar refractivity (Wildman–Crippen MR) is 128 cm³/mol. The molecule has 2 N–H and O–H groups in total. The van der Waals surface area contributed by atoms with Gasteiger partial charge in [-0.15, -0.1) is 10.2 Å². The van der Waals surface area contributed by atoms with Crippen molar-refractivity contribution in [1.82, 2.24) is 20.1 Å². The average Bonchev–Trinajstić information content (AvgIpc) is 3.24. The lowest BCUT2D eigenvalue weighted by Crippen LogP contribution is -2.30. The minimum absolute atomic E-state index is 0.167. The highest BCUT2D eigenvalue weighted by Crippen LogP contribution is 2.28. The summed E-state index contributed by atoms with van der Waals surface area (Å²) in [6, 6.07) is 6.00. The van der Waals surface area contributed by atoms with Crippen LogP contribution in [0.1, 0.15) is 31.5 Å². The van der Waals surface area contributed by atoms with Crippen LogP contribution in [0.15, 0.2) is 76.8 Å². The van der Waals surface area contributed by atoms with Crippen LogP contribution in [0.25, 0.3) is 5.69 Å². The van der Waals surface area contributed by atoms with E-state index in [-0.39, 0.29) is 30.5 Å². The summed E-state index contributed by atoms with van der Waals surface area (Å²) in [6.07, 6.45) is 10.6. The second kappa shape index (κ2) is 11.4. The number of halogens is 2. The van der Waals surface area contributed by atoms with Crippen LogP contribution in [0.5, 0.6) is 0 Å². The van der Waals surface area contributed by atoms with Gasteiger partial charge in [-0.05, 0) is 61.3 Å². The molecule has 1 aromatic heterocycles. The van der Waals surface area contributed by atoms with Gasteiger partial charge < -0.3 is 10.4 Å². The summed E-state index contributed by atoms with van der Waals surface area (Å²) in [5.74, 6) is 0.400. The van der Waals surface area contributed by atoms with Gasteiger partial charge in [-0.2, -0.15) is 0 Å². The fourth-order valence-electron chi connectivity index (χ4n) is 3.75. The third-order valence-corrected chi connectivity index (χ3v) is 6.66. The summed E-state index contributed by atoms with van der Waals surface area (Å²) < 4.78 is 28.9. The molecule has 1 heterocycles. The summed E-state index contributed by atoms with van der Waals surface area (Å²) in [7, 11) is 0. The maximum absolute atomic E-state index is 13.6. The lowest BCUT2D eigenvalue weighted by molar-refractivity contribution is -0.120. The topological polar surface area (TPSA) is 80.0 Å². The number of carbonyl (C=O) groups is 1. The molecule has 0 saturated carbocycles. The van der Waals surface area contributed by atoms with Crippen LogP contribution in [0, 0.1) is 5.82 Å². The Morgan fingerprint density at radius 3 is 2.82 bits per heavy atom. The van der Waals surface area contributed by atoms with E-state index in [0.717, 1.165) is 17.6 Å². The quantitative estimate of drug-likeness (QED) is 0.517. The van der Waals surface area contributed by atoms with Crippen molar-refractivity contribution in [1.29, 1.82) is 0 Å². The second-order valence-electron chi connectivity index (χ2n) is 8.13. The molecule has 178 valence electrons. The molecule has 1 unspecified atom stereocenters. The monoisotopic (exact) mass is 484 g/mol. The number of carbonyl (C=O) groups excluding carboxylic acids is 1. The van der Waals surface area contributed by atoms with Crippen LogP contribution < -0.4 is 5.32 Å². The van der Waals surface area contributed by atoms with Crippen LogP contribution in [-0.4, -0.2) is 44.2 Å². The van der Waals surface area contributed by atoms with E-state index in [1.807, 2.05) is 22.8 Å². The molecule has 1 amide bonds. The van der Waals surface area contributed by atoms with Gasteiger partial charge in [0.25, 0.3) is 0 Å². The number of aliphatic hydroxyl groups excluding tert-OH is 1. The number of amides is 1. The fraction of sp³-hybridized carbons (Fsp3) is 0.320. The third kappa shape index (κ3) is 6.30. The first-order chi connectivity index (χ1) is 16.5. The van der Waals surface area contributed by atoms with Crippen molar-refractivity contribution in [2.24, 2.45) is 0 Å². The lowest BCUT2D eigenvalue weighted by Gasteiger charge is -2.16. The summed E-state index contributed by atoms with van der Waals surface area (Å²) in [5.41, 5.74) is 2.44. The van der Waals surface area contributed by atoms with E-state index in [1.54, 1.807) is 24.3 Å². The van der Waals surface area contributed by atoms with Crippen LogP contribution in [0.2, 0.25) is 0 Å². The molecule has 0 aliphatic heterocycles. The van der Waals surface area contributed by atoms with Gasteiger partial charge in [-0.3, -0.25) is 9.36 Å². The van der Waals surface area contributed by atoms with Crippen molar-refractivity contribution < 1.29 is 18.7 Å². The molecule has 0 radical (unpaired) electrons. The average molecular weight is 485 g/mol. The number of hydrogen-bond donors (Lipinski definition) is 2. The first kappa shape index (κ1) is 24.1. The van der Waals surface area contributed by atoms with E-state index in [4.69, 9.17) is 0 Å². The van der Waals surface area contributed by atoms with E-state index < -0.39 is 6.10 Å². The summed E-state index contributed by atoms with van der Waals surface area (Å²) in [6.45, 7) is 0.288. The number of aryl methyl sites for hydroxylation is 1. The standard InChI is InChI=1S/C25H26F2N4O2S/c26-19-8-10-21(11-9-19)31-23(12-13-24(33)28-15-18-5-1-2-7-22(18)32)29-30-25(31)34-16-17-4-3-6-20(27)14-17/h1-2,5-6,8-11,14,22,32H,3-4,7,12-13,15-16H2,(H,28,33). The van der Waals surface area contributed by atoms with E-state index in [9.17, 15) is 18.7 Å². The number of aromatic nitrogens is 3. The largest absolute Gasteiger partial charge is 0.388 e. The predicted octanol–water partition coefficient (Wildman–Crippen LogP) is 4.37. The molecule has 1 aromatic carbocycles. The van der Waals surface area contributed by atoms with Crippen LogP contribution >= 0.6 is 11.8 Å². The summed E-state index contributed by atoms with van der Waals surface area (Å²) in [5, 5.41) is 22.0. The minimum Gasteiger partial charge on any atom is -0.388 e. The maximum Gasteiger partial charge on any atom is 0.220 e. The van der Waals surface area contributed by atoms with Gasteiger partial charge >= 0.3 is 0 Å². The molecule has 0 saturated heterocycles.